The van der Waals surface area contributed by atoms with Crippen LogP contribution in [-0.2, 0) is 24.2 Å². The van der Waals surface area contributed by atoms with Gasteiger partial charge in [0, 0.05) is 12.2 Å². The van der Waals surface area contributed by atoms with Crippen molar-refractivity contribution in [3.8, 4) is 0 Å². The highest BCUT2D eigenvalue weighted by Gasteiger charge is 2.26. The number of nitrogens with one attached hydrogen (secondary N) is 1. The Morgan fingerprint density at radius 1 is 1.35 bits per heavy atom. The Bertz CT molecular complexity index is 316. The van der Waals surface area contributed by atoms with E-state index in [2.05, 4.69) is 25.7 Å². The molecule has 96 valence electrons. The van der Waals surface area contributed by atoms with Crippen molar-refractivity contribution in [1.29, 1.82) is 0 Å². The van der Waals surface area contributed by atoms with E-state index < -0.39 is 10.3 Å². The number of hydrogen-bond donors (Lipinski definition) is 1. The summed E-state index contributed by atoms with van der Waals surface area (Å²) in [5.74, 6) is -1.08. The van der Waals surface area contributed by atoms with E-state index in [0.29, 0.717) is 6.61 Å². The Labute approximate surface area is 107 Å². The van der Waals surface area contributed by atoms with Crippen LogP contribution in [0.3, 0.4) is 0 Å². The van der Waals surface area contributed by atoms with Crippen molar-refractivity contribution >= 4 is 33.7 Å². The number of carbonyl (C=O) groups excluding carboxylic acids is 3. The van der Waals surface area contributed by atoms with E-state index >= 15 is 0 Å². The topological polar surface area (TPSA) is 81.7 Å². The van der Waals surface area contributed by atoms with E-state index in [0.717, 1.165) is 0 Å². The van der Waals surface area contributed by atoms with Crippen molar-refractivity contribution in [2.24, 2.45) is 0 Å². The largest absolute Gasteiger partial charge is 0.358 e. The molecule has 0 aromatic rings. The zero-order valence-electron chi connectivity index (χ0n) is 9.78. The fourth-order valence-corrected chi connectivity index (χ4v) is 0.634. The summed E-state index contributed by atoms with van der Waals surface area (Å²) in [6, 6.07) is 0. The summed E-state index contributed by atoms with van der Waals surface area (Å²) in [5.41, 5.74) is 0. The summed E-state index contributed by atoms with van der Waals surface area (Å²) < 4.78 is -0.665. The summed E-state index contributed by atoms with van der Waals surface area (Å²) in [7, 11) is 0. The molecule has 0 bridgehead atoms. The molecule has 1 heterocycles. The van der Waals surface area contributed by atoms with Gasteiger partial charge in [0.1, 0.15) is 4.32 Å². The standard InChI is InChI=1S/C6H11BrO3.C4H3NO2/c1-4-9-10-5(8)6(2,3)7;6-3-1-2-4(7)5-3/h4H2,1-3H3;1-2H,(H,5,6,7). The average Bonchev–Trinajstić information content (AvgIpc) is 2.58. The van der Waals surface area contributed by atoms with Gasteiger partial charge in [-0.15, -0.1) is 0 Å². The molecule has 0 spiro atoms. The Morgan fingerprint density at radius 2 is 1.82 bits per heavy atom. The zero-order valence-corrected chi connectivity index (χ0v) is 11.4. The second kappa shape index (κ2) is 7.18. The third-order valence-corrected chi connectivity index (χ3v) is 1.69. The van der Waals surface area contributed by atoms with E-state index in [-0.39, 0.29) is 11.8 Å². The van der Waals surface area contributed by atoms with Crippen LogP contribution in [0, 0.1) is 0 Å². The van der Waals surface area contributed by atoms with Gasteiger partial charge < -0.3 is 0 Å². The van der Waals surface area contributed by atoms with Gasteiger partial charge in [0.2, 0.25) is 0 Å². The van der Waals surface area contributed by atoms with Gasteiger partial charge in [0.15, 0.2) is 0 Å². The van der Waals surface area contributed by atoms with Crippen molar-refractivity contribution in [1.82, 2.24) is 5.32 Å². The molecule has 0 saturated carbocycles. The molecule has 0 aliphatic carbocycles. The van der Waals surface area contributed by atoms with Crippen LogP contribution < -0.4 is 5.32 Å². The molecule has 0 atom stereocenters. The van der Waals surface area contributed by atoms with Crippen molar-refractivity contribution in [2.45, 2.75) is 25.1 Å². The minimum atomic E-state index is -0.665. The van der Waals surface area contributed by atoms with Gasteiger partial charge in [-0.05, 0) is 20.8 Å². The molecule has 0 aromatic carbocycles. The van der Waals surface area contributed by atoms with Crippen molar-refractivity contribution in [3.05, 3.63) is 12.2 Å². The van der Waals surface area contributed by atoms with Crippen LogP contribution in [0.5, 0.6) is 0 Å². The molecular formula is C10H14BrNO5. The number of imide groups is 1. The van der Waals surface area contributed by atoms with Crippen LogP contribution in [0.15, 0.2) is 12.2 Å². The molecule has 7 heteroatoms. The lowest BCUT2D eigenvalue weighted by atomic mass is 10.2. The molecule has 17 heavy (non-hydrogen) atoms. The van der Waals surface area contributed by atoms with Crippen LogP contribution in [-0.4, -0.2) is 28.7 Å². The minimum absolute atomic E-state index is 0.329. The first-order chi connectivity index (χ1) is 7.77. The van der Waals surface area contributed by atoms with E-state index in [9.17, 15) is 14.4 Å². The van der Waals surface area contributed by atoms with Crippen molar-refractivity contribution < 1.29 is 24.2 Å². The quantitative estimate of drug-likeness (QED) is 0.362. The number of hydrogen-bond acceptors (Lipinski definition) is 5. The predicted molar refractivity (Wildman–Crippen MR) is 63.0 cm³/mol. The highest BCUT2D eigenvalue weighted by atomic mass is 79.9. The second-order valence-corrected chi connectivity index (χ2v) is 5.42. The lowest BCUT2D eigenvalue weighted by molar-refractivity contribution is -0.270. The maximum Gasteiger partial charge on any atom is 0.358 e. The summed E-state index contributed by atoms with van der Waals surface area (Å²) in [5, 5.41) is 2.03. The highest BCUT2D eigenvalue weighted by molar-refractivity contribution is 9.10. The Hall–Kier alpha value is -1.21. The number of amides is 2. The summed E-state index contributed by atoms with van der Waals surface area (Å²) in [6.45, 7) is 5.49. The van der Waals surface area contributed by atoms with Gasteiger partial charge >= 0.3 is 5.97 Å². The molecular weight excluding hydrogens is 294 g/mol. The van der Waals surface area contributed by atoms with Gasteiger partial charge in [-0.25, -0.2) is 4.79 Å². The number of alkyl halides is 1. The van der Waals surface area contributed by atoms with Crippen LogP contribution in [0.1, 0.15) is 20.8 Å². The van der Waals surface area contributed by atoms with E-state index in [1.54, 1.807) is 20.8 Å². The fraction of sp³-hybridized carbons (Fsp3) is 0.500. The van der Waals surface area contributed by atoms with Crippen LogP contribution >= 0.6 is 15.9 Å². The first-order valence-corrected chi connectivity index (χ1v) is 5.62. The predicted octanol–water partition coefficient (Wildman–Crippen LogP) is 0.854. The Morgan fingerprint density at radius 3 is 2.06 bits per heavy atom. The van der Waals surface area contributed by atoms with E-state index in [1.807, 2.05) is 5.32 Å². The number of rotatable bonds is 3. The molecule has 0 radical (unpaired) electrons. The smallest absolute Gasteiger partial charge is 0.297 e. The van der Waals surface area contributed by atoms with Crippen LogP contribution in [0.4, 0.5) is 0 Å². The normalized spacial score (nSPS) is 13.9. The summed E-state index contributed by atoms with van der Waals surface area (Å²) >= 11 is 3.12. The van der Waals surface area contributed by atoms with E-state index in [4.69, 9.17) is 0 Å². The third-order valence-electron chi connectivity index (χ3n) is 1.37. The Kier molecular flexibility index (Phi) is 6.67. The van der Waals surface area contributed by atoms with Crippen LogP contribution in [0.25, 0.3) is 0 Å². The average molecular weight is 308 g/mol. The third kappa shape index (κ3) is 7.64. The maximum absolute atomic E-state index is 10.8. The SMILES string of the molecule is CCOOC(=O)C(C)(C)Br.O=C1C=CC(=O)N1. The summed E-state index contributed by atoms with van der Waals surface area (Å²) in [6.07, 6.45) is 2.39. The first kappa shape index (κ1) is 15.8. The van der Waals surface area contributed by atoms with Gasteiger partial charge in [0.25, 0.3) is 11.8 Å². The molecule has 2 amide bonds. The number of carbonyl (C=O) groups is 3. The second-order valence-electron chi connectivity index (χ2n) is 3.44. The molecule has 0 unspecified atom stereocenters. The fourth-order valence-electron chi connectivity index (χ4n) is 0.568. The molecule has 0 saturated heterocycles. The van der Waals surface area contributed by atoms with Crippen LogP contribution in [0.2, 0.25) is 0 Å². The number of halogens is 1. The summed E-state index contributed by atoms with van der Waals surface area (Å²) in [4.78, 5) is 39.7. The minimum Gasteiger partial charge on any atom is -0.297 e. The van der Waals surface area contributed by atoms with Gasteiger partial charge in [-0.1, -0.05) is 15.9 Å². The lowest BCUT2D eigenvalue weighted by Gasteiger charge is -2.11. The highest BCUT2D eigenvalue weighted by Crippen LogP contribution is 2.17. The van der Waals surface area contributed by atoms with Gasteiger partial charge in [-0.3, -0.25) is 19.8 Å². The molecule has 6 nitrogen and oxygen atoms in total. The molecule has 0 fully saturated rings. The first-order valence-electron chi connectivity index (χ1n) is 4.83. The molecule has 1 N–H and O–H groups in total. The van der Waals surface area contributed by atoms with Crippen molar-refractivity contribution in [2.75, 3.05) is 6.61 Å². The molecule has 1 rings (SSSR count). The molecule has 1 aliphatic heterocycles. The van der Waals surface area contributed by atoms with Gasteiger partial charge in [-0.2, -0.15) is 4.89 Å². The van der Waals surface area contributed by atoms with Crippen molar-refractivity contribution in [3.63, 3.8) is 0 Å². The monoisotopic (exact) mass is 307 g/mol. The maximum atomic E-state index is 10.8. The Balaban J connectivity index is 0.000000318. The molecule has 1 aliphatic rings. The molecule has 0 aromatic heterocycles. The van der Waals surface area contributed by atoms with Gasteiger partial charge in [0.05, 0.1) is 6.61 Å². The van der Waals surface area contributed by atoms with E-state index in [1.165, 1.54) is 12.2 Å². The zero-order chi connectivity index (χ0) is 13.5. The lowest BCUT2D eigenvalue weighted by Crippen LogP contribution is -2.26.